The van der Waals surface area contributed by atoms with Crippen LogP contribution >= 0.6 is 0 Å². The number of pyridine rings is 1. The molecule has 102 valence electrons. The molecule has 0 saturated carbocycles. The van der Waals surface area contributed by atoms with Crippen LogP contribution in [0.15, 0.2) is 12.1 Å². The molecule has 2 aliphatic heterocycles. The fourth-order valence-electron chi connectivity index (χ4n) is 3.11. The van der Waals surface area contributed by atoms with Crippen LogP contribution in [0.2, 0.25) is 0 Å². The Balaban J connectivity index is 1.92. The van der Waals surface area contributed by atoms with E-state index in [0.29, 0.717) is 18.8 Å². The summed E-state index contributed by atoms with van der Waals surface area (Å²) in [5.74, 6) is 0.831. The van der Waals surface area contributed by atoms with E-state index in [1.807, 2.05) is 13.0 Å². The predicted molar refractivity (Wildman–Crippen MR) is 68.1 cm³/mol. The predicted octanol–water partition coefficient (Wildman–Crippen LogP) is 1.66. The van der Waals surface area contributed by atoms with Crippen molar-refractivity contribution in [2.24, 2.45) is 0 Å². The first kappa shape index (κ1) is 12.2. The number of nitrogens with zero attached hydrogens (tertiary/aromatic N) is 3. The van der Waals surface area contributed by atoms with E-state index in [9.17, 15) is 9.18 Å². The lowest BCUT2D eigenvalue weighted by molar-refractivity contribution is 0.128. The van der Waals surface area contributed by atoms with E-state index in [1.54, 1.807) is 6.07 Å². The SMILES string of the molecule is C[C@@H]1CN(C(=O)O)C[C@H]2Cc3ccc(CF)nc3N21. The molecule has 1 amide bonds. The molecule has 3 heterocycles. The van der Waals surface area contributed by atoms with Crippen LogP contribution in [0.4, 0.5) is 15.0 Å². The van der Waals surface area contributed by atoms with Gasteiger partial charge in [-0.3, -0.25) is 0 Å². The molecule has 0 bridgehead atoms. The molecule has 1 fully saturated rings. The Labute approximate surface area is 110 Å². The average molecular weight is 265 g/mol. The third-order valence-corrected chi connectivity index (χ3v) is 3.91. The van der Waals surface area contributed by atoms with Crippen molar-refractivity contribution in [3.05, 3.63) is 23.4 Å². The quantitative estimate of drug-likeness (QED) is 0.839. The molecule has 0 aromatic carbocycles. The fraction of sp³-hybridized carbons (Fsp3) is 0.538. The van der Waals surface area contributed by atoms with E-state index in [-0.39, 0.29) is 12.1 Å². The molecule has 5 nitrogen and oxygen atoms in total. The zero-order valence-corrected chi connectivity index (χ0v) is 10.7. The van der Waals surface area contributed by atoms with Crippen molar-refractivity contribution in [2.75, 3.05) is 18.0 Å². The third-order valence-electron chi connectivity index (χ3n) is 3.91. The number of hydrogen-bond acceptors (Lipinski definition) is 3. The van der Waals surface area contributed by atoms with Gasteiger partial charge < -0.3 is 14.9 Å². The van der Waals surface area contributed by atoms with E-state index >= 15 is 0 Å². The smallest absolute Gasteiger partial charge is 0.407 e. The molecule has 1 aromatic heterocycles. The van der Waals surface area contributed by atoms with Crippen LogP contribution in [0.3, 0.4) is 0 Å². The highest BCUT2D eigenvalue weighted by Gasteiger charge is 2.40. The molecule has 0 spiro atoms. The van der Waals surface area contributed by atoms with Crippen LogP contribution in [-0.2, 0) is 13.1 Å². The second-order valence-corrected chi connectivity index (χ2v) is 5.22. The lowest BCUT2D eigenvalue weighted by Gasteiger charge is -2.42. The molecule has 0 unspecified atom stereocenters. The minimum Gasteiger partial charge on any atom is -0.465 e. The van der Waals surface area contributed by atoms with Gasteiger partial charge in [0.2, 0.25) is 0 Å². The van der Waals surface area contributed by atoms with Gasteiger partial charge in [0.05, 0.1) is 11.7 Å². The Morgan fingerprint density at radius 3 is 3.00 bits per heavy atom. The average Bonchev–Trinajstić information content (AvgIpc) is 2.76. The minimum atomic E-state index is -0.875. The van der Waals surface area contributed by atoms with Gasteiger partial charge in [-0.2, -0.15) is 0 Å². The summed E-state index contributed by atoms with van der Waals surface area (Å²) in [5.41, 5.74) is 1.52. The van der Waals surface area contributed by atoms with E-state index in [1.165, 1.54) is 4.90 Å². The number of piperazine rings is 1. The van der Waals surface area contributed by atoms with Gasteiger partial charge in [0.15, 0.2) is 0 Å². The van der Waals surface area contributed by atoms with Gasteiger partial charge in [-0.1, -0.05) is 6.07 Å². The number of carbonyl (C=O) groups is 1. The van der Waals surface area contributed by atoms with Gasteiger partial charge in [0, 0.05) is 19.1 Å². The van der Waals surface area contributed by atoms with Crippen molar-refractivity contribution in [1.29, 1.82) is 0 Å². The van der Waals surface area contributed by atoms with Gasteiger partial charge in [-0.25, -0.2) is 14.2 Å². The molecule has 2 atom stereocenters. The summed E-state index contributed by atoms with van der Waals surface area (Å²) in [6.45, 7) is 2.37. The Hall–Kier alpha value is -1.85. The van der Waals surface area contributed by atoms with Crippen LogP contribution in [0.25, 0.3) is 0 Å². The van der Waals surface area contributed by atoms with Crippen LogP contribution in [0.1, 0.15) is 18.2 Å². The summed E-state index contributed by atoms with van der Waals surface area (Å²) in [7, 11) is 0. The number of anilines is 1. The number of amides is 1. The maximum atomic E-state index is 12.7. The molecular weight excluding hydrogens is 249 g/mol. The Morgan fingerprint density at radius 2 is 2.32 bits per heavy atom. The van der Waals surface area contributed by atoms with Crippen LogP contribution in [0, 0.1) is 0 Å². The van der Waals surface area contributed by atoms with Crippen LogP contribution in [0.5, 0.6) is 0 Å². The van der Waals surface area contributed by atoms with Gasteiger partial charge >= 0.3 is 6.09 Å². The van der Waals surface area contributed by atoms with E-state index < -0.39 is 12.8 Å². The van der Waals surface area contributed by atoms with Gasteiger partial charge in [0.25, 0.3) is 0 Å². The first-order valence-electron chi connectivity index (χ1n) is 6.41. The summed E-state index contributed by atoms with van der Waals surface area (Å²) in [6.07, 6.45) is -0.0944. The summed E-state index contributed by atoms with van der Waals surface area (Å²) in [5, 5.41) is 9.12. The van der Waals surface area contributed by atoms with Gasteiger partial charge in [-0.15, -0.1) is 0 Å². The topological polar surface area (TPSA) is 56.7 Å². The summed E-state index contributed by atoms with van der Waals surface area (Å²) in [4.78, 5) is 19.1. The zero-order chi connectivity index (χ0) is 13.6. The zero-order valence-electron chi connectivity index (χ0n) is 10.7. The van der Waals surface area contributed by atoms with E-state index in [4.69, 9.17) is 5.11 Å². The number of hydrogen-bond donors (Lipinski definition) is 1. The molecule has 0 aliphatic carbocycles. The monoisotopic (exact) mass is 265 g/mol. The summed E-state index contributed by atoms with van der Waals surface area (Å²) >= 11 is 0. The minimum absolute atomic E-state index is 0.0680. The van der Waals surface area contributed by atoms with Crippen molar-refractivity contribution in [3.63, 3.8) is 0 Å². The molecule has 2 aliphatic rings. The number of carboxylic acid groups (broad SMARTS) is 1. The standard InChI is InChI=1S/C13H16FN3O2/c1-8-6-16(13(18)19)7-11-4-9-2-3-10(5-14)15-12(9)17(8)11/h2-3,8,11H,4-7H2,1H3,(H,18,19)/t8-,11-/m1/s1. The first-order chi connectivity index (χ1) is 9.10. The van der Waals surface area contributed by atoms with Crippen molar-refractivity contribution in [1.82, 2.24) is 9.88 Å². The second-order valence-electron chi connectivity index (χ2n) is 5.22. The van der Waals surface area contributed by atoms with Crippen molar-refractivity contribution in [2.45, 2.75) is 32.1 Å². The van der Waals surface area contributed by atoms with Crippen molar-refractivity contribution < 1.29 is 14.3 Å². The largest absolute Gasteiger partial charge is 0.465 e. The van der Waals surface area contributed by atoms with Gasteiger partial charge in [-0.05, 0) is 25.0 Å². The molecule has 0 radical (unpaired) electrons. The van der Waals surface area contributed by atoms with E-state index in [2.05, 4.69) is 9.88 Å². The van der Waals surface area contributed by atoms with Crippen molar-refractivity contribution >= 4 is 11.9 Å². The molecule has 3 rings (SSSR count). The second kappa shape index (κ2) is 4.36. The number of alkyl halides is 1. The summed E-state index contributed by atoms with van der Waals surface area (Å²) in [6, 6.07) is 3.81. The third kappa shape index (κ3) is 1.91. The van der Waals surface area contributed by atoms with Crippen LogP contribution in [-0.4, -0.2) is 46.3 Å². The van der Waals surface area contributed by atoms with Crippen molar-refractivity contribution in [3.8, 4) is 0 Å². The Bertz CT molecular complexity index is 523. The van der Waals surface area contributed by atoms with Gasteiger partial charge in [0.1, 0.15) is 12.5 Å². The molecule has 1 aromatic rings. The Morgan fingerprint density at radius 1 is 1.53 bits per heavy atom. The number of aromatic nitrogens is 1. The highest BCUT2D eigenvalue weighted by Crippen LogP contribution is 2.35. The maximum Gasteiger partial charge on any atom is 0.407 e. The number of rotatable bonds is 1. The molecular formula is C13H16FN3O2. The number of fused-ring (bicyclic) bond motifs is 3. The summed E-state index contributed by atoms with van der Waals surface area (Å²) < 4.78 is 12.7. The molecule has 1 saturated heterocycles. The highest BCUT2D eigenvalue weighted by molar-refractivity contribution is 5.67. The molecule has 6 heteroatoms. The highest BCUT2D eigenvalue weighted by atomic mass is 19.1. The molecule has 1 N–H and O–H groups in total. The Kier molecular flexibility index (Phi) is 2.80. The lowest BCUT2D eigenvalue weighted by Crippen LogP contribution is -2.58. The molecule has 19 heavy (non-hydrogen) atoms. The lowest BCUT2D eigenvalue weighted by atomic mass is 10.1. The fourth-order valence-corrected chi connectivity index (χ4v) is 3.11. The first-order valence-corrected chi connectivity index (χ1v) is 6.41. The maximum absolute atomic E-state index is 12.7. The number of halogens is 1. The van der Waals surface area contributed by atoms with E-state index in [0.717, 1.165) is 17.8 Å². The van der Waals surface area contributed by atoms with Crippen LogP contribution < -0.4 is 4.90 Å². The normalized spacial score (nSPS) is 25.2.